The van der Waals surface area contributed by atoms with Crippen LogP contribution in [-0.4, -0.2) is 28.8 Å². The molecule has 1 aromatic heterocycles. The van der Waals surface area contributed by atoms with Crippen LogP contribution in [0.25, 0.3) is 17.3 Å². The summed E-state index contributed by atoms with van der Waals surface area (Å²) in [5, 5.41) is 0. The summed E-state index contributed by atoms with van der Waals surface area (Å²) in [7, 11) is 0. The fraction of sp³-hybridized carbons (Fsp3) is 0.250. The van der Waals surface area contributed by atoms with Gasteiger partial charge >= 0.3 is 0 Å². The van der Waals surface area contributed by atoms with E-state index in [1.807, 2.05) is 48.7 Å². The molecule has 1 saturated heterocycles. The summed E-state index contributed by atoms with van der Waals surface area (Å²) >= 11 is 0. The number of carbonyl (C=O) groups is 1. The van der Waals surface area contributed by atoms with Crippen LogP contribution in [0.2, 0.25) is 0 Å². The molecule has 0 bridgehead atoms. The van der Waals surface area contributed by atoms with Crippen LogP contribution in [0.15, 0.2) is 66.9 Å². The maximum Gasteiger partial charge on any atom is 0.267 e. The highest BCUT2D eigenvalue weighted by Gasteiger charge is 2.14. The predicted molar refractivity (Wildman–Crippen MR) is 115 cm³/mol. The number of aromatic nitrogens is 2. The number of ether oxygens (including phenoxy) is 1. The molecule has 3 aromatic rings. The molecule has 1 aliphatic rings. The van der Waals surface area contributed by atoms with Crippen molar-refractivity contribution in [2.45, 2.75) is 32.0 Å². The van der Waals surface area contributed by atoms with Crippen molar-refractivity contribution in [2.24, 2.45) is 0 Å². The maximum absolute atomic E-state index is 12.0. The van der Waals surface area contributed by atoms with Crippen LogP contribution in [0, 0.1) is 0 Å². The number of imidazole rings is 1. The van der Waals surface area contributed by atoms with Gasteiger partial charge in [0.05, 0.1) is 11.9 Å². The van der Waals surface area contributed by atoms with Crippen molar-refractivity contribution in [3.8, 4) is 11.3 Å². The van der Waals surface area contributed by atoms with Crippen LogP contribution in [-0.2, 0) is 20.8 Å². The Kier molecular flexibility index (Phi) is 6.69. The molecule has 0 saturated carbocycles. The molecule has 2 aromatic carbocycles. The molecular weight excluding hydrogens is 378 g/mol. The van der Waals surface area contributed by atoms with Crippen molar-refractivity contribution in [2.75, 3.05) is 6.61 Å². The van der Waals surface area contributed by atoms with Gasteiger partial charge < -0.3 is 9.72 Å². The third-order valence-electron chi connectivity index (χ3n) is 4.89. The molecule has 0 aliphatic carbocycles. The Morgan fingerprint density at radius 1 is 1.20 bits per heavy atom. The molecule has 154 valence electrons. The first-order valence-corrected chi connectivity index (χ1v) is 10.2. The van der Waals surface area contributed by atoms with E-state index < -0.39 is 0 Å². The zero-order valence-corrected chi connectivity index (χ0v) is 16.7. The Morgan fingerprint density at radius 3 is 2.93 bits per heavy atom. The number of aromatic amines is 1. The van der Waals surface area contributed by atoms with E-state index >= 15 is 0 Å². The van der Waals surface area contributed by atoms with E-state index in [0.29, 0.717) is 13.0 Å². The monoisotopic (exact) mass is 403 g/mol. The number of hydrogen-bond donors (Lipinski definition) is 2. The van der Waals surface area contributed by atoms with Gasteiger partial charge in [-0.1, -0.05) is 54.6 Å². The standard InChI is InChI=1S/C24H25N3O3/c28-23(27-30-24-11-4-5-14-29-24)13-12-18-7-6-8-19(15-18)16-22-25-17-21(26-22)20-9-2-1-3-10-20/h1-3,6-10,12-13,15,17,24H,4-5,11,14,16H2,(H,25,26)(H,27,28). The Bertz CT molecular complexity index is 992. The lowest BCUT2D eigenvalue weighted by Crippen LogP contribution is -2.32. The maximum atomic E-state index is 12.0. The van der Waals surface area contributed by atoms with E-state index in [1.165, 1.54) is 6.08 Å². The minimum Gasteiger partial charge on any atom is -0.350 e. The van der Waals surface area contributed by atoms with Gasteiger partial charge in [0.15, 0.2) is 6.29 Å². The van der Waals surface area contributed by atoms with Crippen LogP contribution in [0.5, 0.6) is 0 Å². The molecule has 0 spiro atoms. The fourth-order valence-electron chi connectivity index (χ4n) is 3.35. The van der Waals surface area contributed by atoms with E-state index in [2.05, 4.69) is 27.6 Å². The number of H-pyrrole nitrogens is 1. The zero-order valence-electron chi connectivity index (χ0n) is 16.7. The number of amides is 1. The number of carbonyl (C=O) groups excluding carboxylic acids is 1. The van der Waals surface area contributed by atoms with Gasteiger partial charge in [0.25, 0.3) is 5.91 Å². The van der Waals surface area contributed by atoms with Gasteiger partial charge in [-0.3, -0.25) is 4.79 Å². The number of nitrogens with zero attached hydrogens (tertiary/aromatic N) is 1. The third-order valence-corrected chi connectivity index (χ3v) is 4.89. The van der Waals surface area contributed by atoms with Gasteiger partial charge in [-0.25, -0.2) is 15.3 Å². The Hall–Kier alpha value is -3.22. The van der Waals surface area contributed by atoms with Gasteiger partial charge in [0, 0.05) is 25.5 Å². The van der Waals surface area contributed by atoms with Crippen molar-refractivity contribution in [3.05, 3.63) is 83.8 Å². The van der Waals surface area contributed by atoms with Crippen LogP contribution in [0.4, 0.5) is 0 Å². The molecule has 4 rings (SSSR count). The number of hydrogen-bond acceptors (Lipinski definition) is 4. The van der Waals surface area contributed by atoms with E-state index in [-0.39, 0.29) is 12.2 Å². The van der Waals surface area contributed by atoms with Crippen molar-refractivity contribution in [1.29, 1.82) is 0 Å². The lowest BCUT2D eigenvalue weighted by Gasteiger charge is -2.21. The molecule has 1 atom stereocenters. The number of nitrogens with one attached hydrogen (secondary N) is 2. The summed E-state index contributed by atoms with van der Waals surface area (Å²) in [4.78, 5) is 25.1. The van der Waals surface area contributed by atoms with Gasteiger partial charge in [-0.2, -0.15) is 0 Å². The molecule has 2 N–H and O–H groups in total. The van der Waals surface area contributed by atoms with Gasteiger partial charge in [-0.05, 0) is 35.6 Å². The van der Waals surface area contributed by atoms with Crippen molar-refractivity contribution in [3.63, 3.8) is 0 Å². The summed E-state index contributed by atoms with van der Waals surface area (Å²) in [5.74, 6) is 0.585. The summed E-state index contributed by atoms with van der Waals surface area (Å²) in [6.45, 7) is 0.672. The topological polar surface area (TPSA) is 76.2 Å². The normalized spacial score (nSPS) is 16.6. The number of rotatable bonds is 7. The second kappa shape index (κ2) is 10.0. The Labute approximate surface area is 175 Å². The molecule has 6 nitrogen and oxygen atoms in total. The highest BCUT2D eigenvalue weighted by atomic mass is 16.8. The van der Waals surface area contributed by atoms with E-state index in [0.717, 1.165) is 47.5 Å². The molecule has 0 radical (unpaired) electrons. The smallest absolute Gasteiger partial charge is 0.267 e. The predicted octanol–water partition coefficient (Wildman–Crippen LogP) is 4.26. The quantitative estimate of drug-likeness (QED) is 0.457. The minimum atomic E-state index is -0.353. The van der Waals surface area contributed by atoms with Gasteiger partial charge in [0.1, 0.15) is 5.82 Å². The molecule has 1 unspecified atom stereocenters. The number of hydroxylamine groups is 1. The largest absolute Gasteiger partial charge is 0.350 e. The Balaban J connectivity index is 1.33. The number of benzene rings is 2. The molecule has 2 heterocycles. The molecule has 30 heavy (non-hydrogen) atoms. The molecule has 6 heteroatoms. The first-order valence-electron chi connectivity index (χ1n) is 10.2. The zero-order chi connectivity index (χ0) is 20.6. The van der Waals surface area contributed by atoms with Crippen LogP contribution >= 0.6 is 0 Å². The second-order valence-corrected chi connectivity index (χ2v) is 7.25. The lowest BCUT2D eigenvalue weighted by atomic mass is 10.1. The third kappa shape index (κ3) is 5.65. The first-order chi connectivity index (χ1) is 14.8. The fourth-order valence-corrected chi connectivity index (χ4v) is 3.35. The van der Waals surface area contributed by atoms with Crippen molar-refractivity contribution >= 4 is 12.0 Å². The minimum absolute atomic E-state index is 0.312. The highest BCUT2D eigenvalue weighted by molar-refractivity contribution is 5.90. The second-order valence-electron chi connectivity index (χ2n) is 7.25. The van der Waals surface area contributed by atoms with E-state index in [4.69, 9.17) is 9.57 Å². The van der Waals surface area contributed by atoms with Crippen molar-refractivity contribution < 1.29 is 14.4 Å². The SMILES string of the molecule is O=C(C=Cc1cccc(Cc2ncc(-c3ccccc3)[nH]2)c1)NOC1CCCCO1. The first kappa shape index (κ1) is 20.1. The van der Waals surface area contributed by atoms with Gasteiger partial charge in [-0.15, -0.1) is 0 Å². The average Bonchev–Trinajstić information content (AvgIpc) is 3.26. The van der Waals surface area contributed by atoms with E-state index in [1.54, 1.807) is 6.08 Å². The summed E-state index contributed by atoms with van der Waals surface area (Å²) in [6.07, 6.45) is 8.29. The summed E-state index contributed by atoms with van der Waals surface area (Å²) in [6, 6.07) is 18.1. The van der Waals surface area contributed by atoms with Crippen LogP contribution in [0.3, 0.4) is 0 Å². The Morgan fingerprint density at radius 2 is 2.10 bits per heavy atom. The van der Waals surface area contributed by atoms with E-state index in [9.17, 15) is 4.79 Å². The molecule has 1 fully saturated rings. The molecule has 1 aliphatic heterocycles. The summed E-state index contributed by atoms with van der Waals surface area (Å²) < 4.78 is 5.42. The van der Waals surface area contributed by atoms with Gasteiger partial charge in [0.2, 0.25) is 0 Å². The molecule has 1 amide bonds. The highest BCUT2D eigenvalue weighted by Crippen LogP contribution is 2.18. The summed E-state index contributed by atoms with van der Waals surface area (Å²) in [5.41, 5.74) is 6.59. The van der Waals surface area contributed by atoms with Crippen LogP contribution in [0.1, 0.15) is 36.2 Å². The average molecular weight is 403 g/mol. The lowest BCUT2D eigenvalue weighted by molar-refractivity contribution is -0.198. The van der Waals surface area contributed by atoms with Crippen molar-refractivity contribution in [1.82, 2.24) is 15.4 Å². The molecular formula is C24H25N3O3. The van der Waals surface area contributed by atoms with Crippen LogP contribution < -0.4 is 5.48 Å².